The van der Waals surface area contributed by atoms with E-state index in [1.807, 2.05) is 12.1 Å². The topological polar surface area (TPSA) is 95.9 Å². The van der Waals surface area contributed by atoms with Gasteiger partial charge < -0.3 is 24.8 Å². The minimum absolute atomic E-state index is 0.00815. The third-order valence-corrected chi connectivity index (χ3v) is 10.6. The zero-order chi connectivity index (χ0) is 29.6. The second-order valence-corrected chi connectivity index (χ2v) is 13.0. The minimum Gasteiger partial charge on any atom is -0.508 e. The lowest BCUT2D eigenvalue weighted by Gasteiger charge is -2.40. The molecule has 2 aromatic carbocycles. The van der Waals surface area contributed by atoms with Crippen molar-refractivity contribution in [2.45, 2.75) is 62.2 Å². The van der Waals surface area contributed by atoms with Gasteiger partial charge in [0.05, 0.1) is 11.6 Å². The van der Waals surface area contributed by atoms with Crippen LogP contribution in [0.15, 0.2) is 30.3 Å². The molecule has 7 heterocycles. The van der Waals surface area contributed by atoms with Crippen molar-refractivity contribution in [3.8, 4) is 41.2 Å². The number of nitrogens with zero attached hydrogens (tertiary/aromatic N) is 5. The number of hydrogen-bond acceptors (Lipinski definition) is 9. The summed E-state index contributed by atoms with van der Waals surface area (Å²) >= 11 is 0. The van der Waals surface area contributed by atoms with E-state index in [1.165, 1.54) is 6.07 Å². The number of ether oxygens (including phenoxy) is 2. The van der Waals surface area contributed by atoms with Gasteiger partial charge in [0.2, 0.25) is 5.88 Å². The van der Waals surface area contributed by atoms with Gasteiger partial charge in [0, 0.05) is 35.1 Å². The monoisotopic (exact) mass is 592 g/mol. The first-order chi connectivity index (χ1) is 21.5. The lowest BCUT2D eigenvalue weighted by atomic mass is 9.95. The third kappa shape index (κ3) is 3.82. The van der Waals surface area contributed by atoms with Gasteiger partial charge in [-0.2, -0.15) is 9.97 Å². The quantitative estimate of drug-likeness (QED) is 0.335. The van der Waals surface area contributed by atoms with E-state index < -0.39 is 5.82 Å². The smallest absolute Gasteiger partial charge is 0.319 e. The van der Waals surface area contributed by atoms with Crippen LogP contribution in [0.5, 0.6) is 17.6 Å². The minimum atomic E-state index is -0.627. The maximum Gasteiger partial charge on any atom is 0.319 e. The summed E-state index contributed by atoms with van der Waals surface area (Å²) in [5.41, 5.74) is 1.06. The number of anilines is 1. The summed E-state index contributed by atoms with van der Waals surface area (Å²) in [4.78, 5) is 19.3. The van der Waals surface area contributed by atoms with Gasteiger partial charge in [-0.1, -0.05) is 18.1 Å². The van der Waals surface area contributed by atoms with Crippen molar-refractivity contribution in [3.63, 3.8) is 0 Å². The van der Waals surface area contributed by atoms with Crippen molar-refractivity contribution < 1.29 is 19.0 Å². The van der Waals surface area contributed by atoms with Gasteiger partial charge in [-0.05, 0) is 75.2 Å². The van der Waals surface area contributed by atoms with Crippen LogP contribution in [0.3, 0.4) is 0 Å². The zero-order valence-electron chi connectivity index (χ0n) is 24.4. The molecule has 9 rings (SSSR count). The van der Waals surface area contributed by atoms with Gasteiger partial charge in [-0.15, -0.1) is 6.42 Å². The van der Waals surface area contributed by atoms with E-state index in [9.17, 15) is 5.11 Å². The third-order valence-electron chi connectivity index (χ3n) is 10.6. The van der Waals surface area contributed by atoms with Crippen LogP contribution in [-0.4, -0.2) is 81.5 Å². The number of aromatic hydroxyl groups is 1. The van der Waals surface area contributed by atoms with E-state index in [1.54, 1.807) is 12.1 Å². The normalized spacial score (nSPS) is 25.0. The van der Waals surface area contributed by atoms with Gasteiger partial charge >= 0.3 is 6.01 Å². The highest BCUT2D eigenvalue weighted by atomic mass is 19.1. The molecule has 9 nitrogen and oxygen atoms in total. The number of hydrogen-bond donors (Lipinski definition) is 2. The molecule has 4 saturated heterocycles. The van der Waals surface area contributed by atoms with Crippen molar-refractivity contribution >= 4 is 27.5 Å². The van der Waals surface area contributed by atoms with Gasteiger partial charge in [0.1, 0.15) is 41.4 Å². The van der Waals surface area contributed by atoms with Crippen molar-refractivity contribution in [2.24, 2.45) is 0 Å². The highest BCUT2D eigenvalue weighted by Gasteiger charge is 2.46. The zero-order valence-corrected chi connectivity index (χ0v) is 24.4. The fourth-order valence-corrected chi connectivity index (χ4v) is 8.54. The van der Waals surface area contributed by atoms with E-state index in [0.717, 1.165) is 58.2 Å². The molecule has 0 radical (unpaired) electrons. The Labute approximate surface area is 254 Å². The number of phenolic OH excluding ortho intramolecular Hbond substituents is 1. The molecule has 3 atom stereocenters. The summed E-state index contributed by atoms with van der Waals surface area (Å²) in [5.74, 6) is 2.95. The van der Waals surface area contributed by atoms with Gasteiger partial charge in [0.15, 0.2) is 5.82 Å². The van der Waals surface area contributed by atoms with E-state index in [0.29, 0.717) is 52.4 Å². The molecular formula is C34H33FN6O3. The molecular weight excluding hydrogens is 559 g/mol. The summed E-state index contributed by atoms with van der Waals surface area (Å²) in [7, 11) is 0. The van der Waals surface area contributed by atoms with Crippen LogP contribution in [0.25, 0.3) is 32.9 Å². The van der Waals surface area contributed by atoms with Crippen molar-refractivity contribution in [1.82, 2.24) is 25.2 Å². The molecule has 224 valence electrons. The molecule has 5 aliphatic heterocycles. The Balaban J connectivity index is 1.25. The predicted octanol–water partition coefficient (Wildman–Crippen LogP) is 4.38. The van der Waals surface area contributed by atoms with Crippen LogP contribution in [0, 0.1) is 18.2 Å². The second kappa shape index (κ2) is 9.65. The molecule has 10 heteroatoms. The van der Waals surface area contributed by atoms with E-state index >= 15 is 4.39 Å². The molecule has 0 aliphatic carbocycles. The lowest BCUT2D eigenvalue weighted by molar-refractivity contribution is 0.108. The van der Waals surface area contributed by atoms with Crippen molar-refractivity contribution in [2.75, 3.05) is 37.7 Å². The number of pyridine rings is 1. The van der Waals surface area contributed by atoms with Gasteiger partial charge in [-0.3, -0.25) is 4.90 Å². The number of benzene rings is 2. The number of rotatable bonds is 4. The summed E-state index contributed by atoms with van der Waals surface area (Å²) < 4.78 is 29.8. The number of piperazine rings is 1. The number of halogens is 1. The Morgan fingerprint density at radius 2 is 2.00 bits per heavy atom. The Kier molecular flexibility index (Phi) is 5.75. The van der Waals surface area contributed by atoms with Gasteiger partial charge in [0.25, 0.3) is 0 Å². The Hall–Kier alpha value is -4.20. The lowest BCUT2D eigenvalue weighted by Crippen LogP contribution is -2.60. The van der Waals surface area contributed by atoms with Crippen LogP contribution in [-0.2, 0) is 0 Å². The molecule has 0 saturated carbocycles. The highest BCUT2D eigenvalue weighted by molar-refractivity contribution is 6.04. The Morgan fingerprint density at radius 1 is 1.14 bits per heavy atom. The average molecular weight is 593 g/mol. The predicted molar refractivity (Wildman–Crippen MR) is 165 cm³/mol. The summed E-state index contributed by atoms with van der Waals surface area (Å²) in [6.45, 7) is 3.75. The van der Waals surface area contributed by atoms with Crippen LogP contribution in [0.2, 0.25) is 0 Å². The maximum atomic E-state index is 17.0. The summed E-state index contributed by atoms with van der Waals surface area (Å²) in [5, 5.41) is 16.2. The van der Waals surface area contributed by atoms with E-state index in [-0.39, 0.29) is 46.5 Å². The standard InChI is InChI=1S/C34H33FN6O3/c1-2-19-6-3-7-20-14-22(42)15-23(26(19)20)29-28(35)30-27-31(39-33(38-30)44-18-34-10-4-12-40(34)13-5-11-34)41-16-21-8-9-24(36-21)25(41)17-43-32(27)37-29/h1,3,6-7,14-15,21,24-25,36,42H,4-5,8-13,16-18H2/t21-,24+,25-/m0/s1. The molecule has 2 aromatic heterocycles. The molecule has 2 N–H and O–H groups in total. The molecule has 0 unspecified atom stereocenters. The fraction of sp³-hybridized carbons (Fsp3) is 0.441. The number of terminal acetylenes is 1. The van der Waals surface area contributed by atoms with Crippen LogP contribution in [0.1, 0.15) is 44.1 Å². The van der Waals surface area contributed by atoms with Crippen molar-refractivity contribution in [1.29, 1.82) is 0 Å². The average Bonchev–Trinajstić information content (AvgIpc) is 3.71. The number of phenols is 1. The molecule has 0 amide bonds. The molecule has 2 bridgehead atoms. The van der Waals surface area contributed by atoms with E-state index in [4.69, 9.17) is 30.8 Å². The first kappa shape index (κ1) is 26.2. The number of fused-ring (bicyclic) bond motifs is 7. The van der Waals surface area contributed by atoms with Crippen LogP contribution < -0.4 is 19.7 Å². The maximum absolute atomic E-state index is 17.0. The molecule has 4 fully saturated rings. The van der Waals surface area contributed by atoms with Gasteiger partial charge in [-0.25, -0.2) is 9.37 Å². The largest absolute Gasteiger partial charge is 0.508 e. The van der Waals surface area contributed by atoms with Crippen LogP contribution >= 0.6 is 0 Å². The molecule has 5 aliphatic rings. The van der Waals surface area contributed by atoms with Crippen LogP contribution in [0.4, 0.5) is 10.2 Å². The number of nitrogens with one attached hydrogen (secondary N) is 1. The Morgan fingerprint density at radius 3 is 2.84 bits per heavy atom. The highest BCUT2D eigenvalue weighted by Crippen LogP contribution is 2.45. The van der Waals surface area contributed by atoms with Crippen molar-refractivity contribution in [3.05, 3.63) is 41.7 Å². The number of aromatic nitrogens is 3. The Bertz CT molecular complexity index is 1880. The SMILES string of the molecule is C#Cc1cccc2cc(O)cc(-c3nc4c5c(nc(OCC67CCCN6CCC7)nc5c3F)N3C[C@@H]5CC[C@@H](N5)[C@@H]3CO4)c12. The summed E-state index contributed by atoms with van der Waals surface area (Å²) in [6.07, 6.45) is 12.5. The first-order valence-electron chi connectivity index (χ1n) is 15.7. The fourth-order valence-electron chi connectivity index (χ4n) is 8.54. The first-order valence-corrected chi connectivity index (χ1v) is 15.7. The molecule has 4 aromatic rings. The summed E-state index contributed by atoms with van der Waals surface area (Å²) in [6, 6.07) is 9.31. The molecule has 0 spiro atoms. The molecule has 44 heavy (non-hydrogen) atoms. The van der Waals surface area contributed by atoms with E-state index in [2.05, 4.69) is 21.0 Å². The second-order valence-electron chi connectivity index (χ2n) is 13.0.